The number of hydrogen-bond donors (Lipinski definition) is 2. The topological polar surface area (TPSA) is 50.4 Å². The number of alkyl halides is 2. The highest BCUT2D eigenvalue weighted by molar-refractivity contribution is 5.85. The predicted molar refractivity (Wildman–Crippen MR) is 80.1 cm³/mol. The Hall–Kier alpha value is -1.40. The number of rotatable bonds is 8. The van der Waals surface area contributed by atoms with E-state index in [0.29, 0.717) is 18.8 Å². The Morgan fingerprint density at radius 2 is 2.10 bits per heavy atom. The summed E-state index contributed by atoms with van der Waals surface area (Å²) >= 11 is 0. The first-order valence-electron chi connectivity index (χ1n) is 6.45. The highest BCUT2D eigenvalue weighted by Crippen LogP contribution is 2.14. The van der Waals surface area contributed by atoms with Crippen molar-refractivity contribution in [3.05, 3.63) is 29.8 Å². The molecule has 21 heavy (non-hydrogen) atoms. The number of hydrogen-bond acceptors (Lipinski definition) is 3. The lowest BCUT2D eigenvalue weighted by atomic mass is 10.1. The monoisotopic (exact) mass is 322 g/mol. The van der Waals surface area contributed by atoms with Gasteiger partial charge < -0.3 is 15.4 Å². The van der Waals surface area contributed by atoms with Gasteiger partial charge in [0.1, 0.15) is 12.4 Å². The molecule has 0 aromatic heterocycles. The van der Waals surface area contributed by atoms with Gasteiger partial charge in [-0.3, -0.25) is 4.79 Å². The molecule has 0 spiro atoms. The molecule has 0 fully saturated rings. The SMILES string of the molecule is CNCC(C)C(=O)NCc1cccc(OCC(F)F)c1.Cl. The van der Waals surface area contributed by atoms with Crippen LogP contribution in [0.1, 0.15) is 12.5 Å². The molecular weight excluding hydrogens is 302 g/mol. The molecule has 0 aliphatic heterocycles. The number of halogens is 3. The molecule has 0 saturated heterocycles. The van der Waals surface area contributed by atoms with Crippen molar-refractivity contribution < 1.29 is 18.3 Å². The zero-order valence-corrected chi connectivity index (χ0v) is 12.9. The fourth-order valence-corrected chi connectivity index (χ4v) is 1.67. The number of benzene rings is 1. The van der Waals surface area contributed by atoms with Crippen LogP contribution in [0.2, 0.25) is 0 Å². The molecule has 1 aromatic carbocycles. The lowest BCUT2D eigenvalue weighted by molar-refractivity contribution is -0.124. The van der Waals surface area contributed by atoms with Crippen LogP contribution in [0.25, 0.3) is 0 Å². The van der Waals surface area contributed by atoms with Gasteiger partial charge in [0.2, 0.25) is 5.91 Å². The maximum atomic E-state index is 12.0. The van der Waals surface area contributed by atoms with Crippen molar-refractivity contribution in [2.75, 3.05) is 20.2 Å². The molecule has 1 amide bonds. The third kappa shape index (κ3) is 7.82. The standard InChI is InChI=1S/C14H20F2N2O2.ClH/c1-10(7-17-2)14(19)18-8-11-4-3-5-12(6-11)20-9-13(15)16;/h3-6,10,13,17H,7-9H2,1-2H3,(H,18,19);1H. The summed E-state index contributed by atoms with van der Waals surface area (Å²) in [5, 5.41) is 5.72. The van der Waals surface area contributed by atoms with Gasteiger partial charge >= 0.3 is 0 Å². The first-order valence-corrected chi connectivity index (χ1v) is 6.45. The normalized spacial score (nSPS) is 11.7. The molecule has 0 heterocycles. The van der Waals surface area contributed by atoms with Crippen molar-refractivity contribution in [1.29, 1.82) is 0 Å². The van der Waals surface area contributed by atoms with Crippen LogP contribution in [0.3, 0.4) is 0 Å². The highest BCUT2D eigenvalue weighted by Gasteiger charge is 2.11. The van der Waals surface area contributed by atoms with Crippen molar-refractivity contribution in [3.63, 3.8) is 0 Å². The number of nitrogens with one attached hydrogen (secondary N) is 2. The first kappa shape index (κ1) is 19.6. The van der Waals surface area contributed by atoms with Crippen molar-refractivity contribution in [1.82, 2.24) is 10.6 Å². The third-order valence-corrected chi connectivity index (χ3v) is 2.70. The van der Waals surface area contributed by atoms with E-state index in [9.17, 15) is 13.6 Å². The molecule has 1 atom stereocenters. The van der Waals surface area contributed by atoms with E-state index in [1.807, 2.05) is 6.92 Å². The Morgan fingerprint density at radius 3 is 2.71 bits per heavy atom. The lowest BCUT2D eigenvalue weighted by Crippen LogP contribution is -2.33. The van der Waals surface area contributed by atoms with E-state index in [2.05, 4.69) is 10.6 Å². The Morgan fingerprint density at radius 1 is 1.38 bits per heavy atom. The zero-order valence-electron chi connectivity index (χ0n) is 12.1. The van der Waals surface area contributed by atoms with Gasteiger partial charge in [-0.2, -0.15) is 0 Å². The van der Waals surface area contributed by atoms with Gasteiger partial charge in [-0.1, -0.05) is 19.1 Å². The number of carbonyl (C=O) groups excluding carboxylic acids is 1. The maximum absolute atomic E-state index is 12.0. The second-order valence-corrected chi connectivity index (χ2v) is 4.53. The van der Waals surface area contributed by atoms with Crippen molar-refractivity contribution in [3.8, 4) is 5.75 Å². The molecule has 1 rings (SSSR count). The summed E-state index contributed by atoms with van der Waals surface area (Å²) in [5.74, 6) is 0.192. The maximum Gasteiger partial charge on any atom is 0.272 e. The van der Waals surface area contributed by atoms with E-state index in [4.69, 9.17) is 4.74 Å². The molecule has 0 radical (unpaired) electrons. The van der Waals surface area contributed by atoms with Gasteiger partial charge in [-0.25, -0.2) is 8.78 Å². The van der Waals surface area contributed by atoms with Crippen LogP contribution in [-0.2, 0) is 11.3 Å². The largest absolute Gasteiger partial charge is 0.488 e. The molecule has 2 N–H and O–H groups in total. The lowest BCUT2D eigenvalue weighted by Gasteiger charge is -2.12. The zero-order chi connectivity index (χ0) is 15.0. The summed E-state index contributed by atoms with van der Waals surface area (Å²) < 4.78 is 29.0. The van der Waals surface area contributed by atoms with Crippen LogP contribution in [0.15, 0.2) is 24.3 Å². The smallest absolute Gasteiger partial charge is 0.272 e. The molecule has 0 bridgehead atoms. The molecule has 1 aromatic rings. The van der Waals surface area contributed by atoms with E-state index in [-0.39, 0.29) is 24.2 Å². The van der Waals surface area contributed by atoms with Crippen LogP contribution in [0.5, 0.6) is 5.75 Å². The molecule has 7 heteroatoms. The summed E-state index contributed by atoms with van der Waals surface area (Å²) in [6, 6.07) is 6.76. The van der Waals surface area contributed by atoms with Gasteiger partial charge in [0.25, 0.3) is 6.43 Å². The molecule has 0 saturated carbocycles. The van der Waals surface area contributed by atoms with Crippen molar-refractivity contribution in [2.45, 2.75) is 19.9 Å². The summed E-state index contributed by atoms with van der Waals surface area (Å²) in [7, 11) is 1.79. The van der Waals surface area contributed by atoms with Gasteiger partial charge in [-0.05, 0) is 24.7 Å². The fraction of sp³-hybridized carbons (Fsp3) is 0.500. The van der Waals surface area contributed by atoms with E-state index in [0.717, 1.165) is 5.56 Å². The van der Waals surface area contributed by atoms with E-state index in [1.54, 1.807) is 31.3 Å². The van der Waals surface area contributed by atoms with Gasteiger partial charge in [0.05, 0.1) is 0 Å². The molecule has 0 aliphatic carbocycles. The van der Waals surface area contributed by atoms with Crippen LogP contribution < -0.4 is 15.4 Å². The summed E-state index contributed by atoms with van der Waals surface area (Å²) in [5.41, 5.74) is 0.807. The molecule has 120 valence electrons. The minimum Gasteiger partial charge on any atom is -0.488 e. The molecular formula is C14H21ClF2N2O2. The Kier molecular flexibility index (Phi) is 9.65. The third-order valence-electron chi connectivity index (χ3n) is 2.70. The Labute approximate surface area is 129 Å². The molecule has 1 unspecified atom stereocenters. The van der Waals surface area contributed by atoms with Gasteiger partial charge in [0, 0.05) is 19.0 Å². The predicted octanol–water partition coefficient (Wildman–Crippen LogP) is 2.22. The van der Waals surface area contributed by atoms with Crippen molar-refractivity contribution >= 4 is 18.3 Å². The fourth-order valence-electron chi connectivity index (χ4n) is 1.67. The second kappa shape index (κ2) is 10.3. The Balaban J connectivity index is 0.00000400. The second-order valence-electron chi connectivity index (χ2n) is 4.53. The molecule has 0 aliphatic rings. The van der Waals surface area contributed by atoms with Crippen LogP contribution in [0.4, 0.5) is 8.78 Å². The average Bonchev–Trinajstić information content (AvgIpc) is 2.43. The number of ether oxygens (including phenoxy) is 1. The highest BCUT2D eigenvalue weighted by atomic mass is 35.5. The van der Waals surface area contributed by atoms with E-state index >= 15 is 0 Å². The number of carbonyl (C=O) groups is 1. The van der Waals surface area contributed by atoms with Gasteiger partial charge in [0.15, 0.2) is 0 Å². The minimum atomic E-state index is -2.50. The quantitative estimate of drug-likeness (QED) is 0.771. The summed E-state index contributed by atoms with van der Waals surface area (Å²) in [6.45, 7) is 2.14. The summed E-state index contributed by atoms with van der Waals surface area (Å²) in [6.07, 6.45) is -2.50. The number of amides is 1. The van der Waals surface area contributed by atoms with Gasteiger partial charge in [-0.15, -0.1) is 12.4 Å². The first-order chi connectivity index (χ1) is 9.52. The van der Waals surface area contributed by atoms with Crippen LogP contribution in [-0.4, -0.2) is 32.5 Å². The Bertz CT molecular complexity index is 433. The van der Waals surface area contributed by atoms with E-state index in [1.165, 1.54) is 0 Å². The minimum absolute atomic E-state index is 0. The van der Waals surface area contributed by atoms with E-state index < -0.39 is 13.0 Å². The average molecular weight is 323 g/mol. The van der Waals surface area contributed by atoms with Crippen LogP contribution in [0, 0.1) is 5.92 Å². The van der Waals surface area contributed by atoms with Crippen LogP contribution >= 0.6 is 12.4 Å². The molecule has 4 nitrogen and oxygen atoms in total. The van der Waals surface area contributed by atoms with Crippen molar-refractivity contribution in [2.24, 2.45) is 5.92 Å². The summed E-state index contributed by atoms with van der Waals surface area (Å²) in [4.78, 5) is 11.7.